The number of alkyl halides is 1. The molecule has 3 N–H and O–H groups in total. The highest BCUT2D eigenvalue weighted by atomic mass is 19.1. The number of hydrogen-bond acceptors (Lipinski definition) is 9. The van der Waals surface area contributed by atoms with Gasteiger partial charge in [-0.05, 0) is 51.5 Å². The Labute approximate surface area is 179 Å². The van der Waals surface area contributed by atoms with Gasteiger partial charge in [-0.15, -0.1) is 20.4 Å². The van der Waals surface area contributed by atoms with E-state index in [1.165, 1.54) is 17.1 Å². The van der Waals surface area contributed by atoms with Crippen LogP contribution in [0.4, 0.5) is 10.3 Å². The van der Waals surface area contributed by atoms with E-state index in [1.54, 1.807) is 19.2 Å². The van der Waals surface area contributed by atoms with E-state index in [9.17, 15) is 9.50 Å². The molecule has 1 aliphatic rings. The van der Waals surface area contributed by atoms with Crippen molar-refractivity contribution < 1.29 is 9.50 Å². The Morgan fingerprint density at radius 2 is 1.97 bits per heavy atom. The third kappa shape index (κ3) is 4.31. The summed E-state index contributed by atoms with van der Waals surface area (Å²) in [5.74, 6) is 0.638. The Morgan fingerprint density at radius 3 is 2.58 bits per heavy atom. The van der Waals surface area contributed by atoms with Crippen LogP contribution in [-0.4, -0.2) is 63.8 Å². The molecule has 4 rings (SSSR count). The molecule has 2 aromatic heterocycles. The van der Waals surface area contributed by atoms with Crippen molar-refractivity contribution in [3.8, 4) is 28.4 Å². The number of phenols is 1. The third-order valence-electron chi connectivity index (χ3n) is 5.35. The summed E-state index contributed by atoms with van der Waals surface area (Å²) in [4.78, 5) is 5.62. The Kier molecular flexibility index (Phi) is 5.08. The van der Waals surface area contributed by atoms with Crippen molar-refractivity contribution >= 4 is 5.95 Å². The quantitative estimate of drug-likeness (QED) is 0.574. The number of aryl methyl sites for hydroxylation is 1. The highest BCUT2D eigenvalue weighted by Gasteiger charge is 2.46. The average molecular weight is 427 g/mol. The number of nitrogens with one attached hydrogen (secondary N) is 2. The molecule has 0 aliphatic carbocycles. The molecule has 11 heteroatoms. The standard InChI is InChI=1S/C20H26FN9O/c1-19(2)9-13(16(21)20(3,4)28-19)23-18-22-10-14(24-26-18)12-7-6-11(8-15(12)31)17-25-29-30(5)27-17/h6-8,10,13,16,28,31H,9H2,1-5H3,(H,22,23,26)/t13?,16-/m0/s1. The van der Waals surface area contributed by atoms with E-state index in [1.807, 2.05) is 27.7 Å². The molecule has 0 bridgehead atoms. The molecule has 3 heterocycles. The molecule has 2 atom stereocenters. The summed E-state index contributed by atoms with van der Waals surface area (Å²) >= 11 is 0. The van der Waals surface area contributed by atoms with Gasteiger partial charge in [0.15, 0.2) is 0 Å². The van der Waals surface area contributed by atoms with Gasteiger partial charge in [-0.1, -0.05) is 6.07 Å². The zero-order chi connectivity index (χ0) is 22.4. The predicted molar refractivity (Wildman–Crippen MR) is 113 cm³/mol. The second kappa shape index (κ2) is 7.49. The lowest BCUT2D eigenvalue weighted by atomic mass is 9.78. The van der Waals surface area contributed by atoms with E-state index in [0.29, 0.717) is 29.1 Å². The summed E-state index contributed by atoms with van der Waals surface area (Å²) in [7, 11) is 1.67. The highest BCUT2D eigenvalue weighted by Crippen LogP contribution is 2.33. The Balaban J connectivity index is 1.52. The number of nitrogens with zero attached hydrogens (tertiary/aromatic N) is 7. The van der Waals surface area contributed by atoms with Gasteiger partial charge in [-0.25, -0.2) is 9.37 Å². The lowest BCUT2D eigenvalue weighted by Gasteiger charge is -2.48. The van der Waals surface area contributed by atoms with Crippen LogP contribution in [0.3, 0.4) is 0 Å². The topological polar surface area (TPSA) is 127 Å². The van der Waals surface area contributed by atoms with Gasteiger partial charge in [0.2, 0.25) is 11.8 Å². The van der Waals surface area contributed by atoms with Crippen LogP contribution in [0.5, 0.6) is 5.75 Å². The third-order valence-corrected chi connectivity index (χ3v) is 5.35. The van der Waals surface area contributed by atoms with Crippen molar-refractivity contribution in [1.82, 2.24) is 40.7 Å². The number of aromatic hydroxyl groups is 1. The number of benzene rings is 1. The fourth-order valence-corrected chi connectivity index (χ4v) is 4.19. The van der Waals surface area contributed by atoms with E-state index in [2.05, 4.69) is 41.2 Å². The fourth-order valence-electron chi connectivity index (χ4n) is 4.19. The maximum Gasteiger partial charge on any atom is 0.243 e. The van der Waals surface area contributed by atoms with Crippen LogP contribution in [0.1, 0.15) is 34.1 Å². The van der Waals surface area contributed by atoms with Gasteiger partial charge >= 0.3 is 0 Å². The van der Waals surface area contributed by atoms with E-state index in [4.69, 9.17) is 0 Å². The van der Waals surface area contributed by atoms with E-state index < -0.39 is 17.8 Å². The summed E-state index contributed by atoms with van der Waals surface area (Å²) in [5.41, 5.74) is 0.566. The van der Waals surface area contributed by atoms with Crippen molar-refractivity contribution in [3.63, 3.8) is 0 Å². The normalized spacial score (nSPS) is 22.3. The number of aromatic nitrogens is 7. The number of rotatable bonds is 4. The minimum atomic E-state index is -1.13. The van der Waals surface area contributed by atoms with E-state index in [-0.39, 0.29) is 17.2 Å². The number of piperidine rings is 1. The molecule has 31 heavy (non-hydrogen) atoms. The Bertz CT molecular complexity index is 1080. The summed E-state index contributed by atoms with van der Waals surface area (Å²) in [5, 5.41) is 37.0. The molecule has 1 aliphatic heterocycles. The van der Waals surface area contributed by atoms with Crippen molar-refractivity contribution in [2.24, 2.45) is 7.05 Å². The maximum absolute atomic E-state index is 15.0. The largest absolute Gasteiger partial charge is 0.507 e. The molecule has 164 valence electrons. The molecule has 0 radical (unpaired) electrons. The molecule has 0 saturated carbocycles. The van der Waals surface area contributed by atoms with Gasteiger partial charge in [-0.3, -0.25) is 0 Å². The molecule has 0 amide bonds. The number of phenolic OH excluding ortho intramolecular Hbond substituents is 1. The Morgan fingerprint density at radius 1 is 1.19 bits per heavy atom. The van der Waals surface area contributed by atoms with Crippen LogP contribution in [0.15, 0.2) is 24.4 Å². The van der Waals surface area contributed by atoms with Gasteiger partial charge in [0.05, 0.1) is 19.3 Å². The smallest absolute Gasteiger partial charge is 0.243 e. The molecule has 0 spiro atoms. The molecule has 1 saturated heterocycles. The van der Waals surface area contributed by atoms with Crippen molar-refractivity contribution in [1.29, 1.82) is 0 Å². The van der Waals surface area contributed by atoms with Crippen LogP contribution >= 0.6 is 0 Å². The fraction of sp³-hybridized carbons (Fsp3) is 0.500. The van der Waals surface area contributed by atoms with Crippen LogP contribution in [0, 0.1) is 0 Å². The first-order chi connectivity index (χ1) is 14.5. The van der Waals surface area contributed by atoms with Crippen molar-refractivity contribution in [2.75, 3.05) is 5.32 Å². The van der Waals surface area contributed by atoms with Crippen LogP contribution in [0.2, 0.25) is 0 Å². The number of anilines is 1. The number of hydrogen-bond donors (Lipinski definition) is 3. The molecular weight excluding hydrogens is 401 g/mol. The SMILES string of the molecule is Cn1nnc(-c2ccc(-c3cnc(NC4CC(C)(C)NC(C)(C)[C@H]4F)nn3)c(O)c2)n1. The molecular formula is C20H26FN9O. The van der Waals surface area contributed by atoms with Crippen LogP contribution < -0.4 is 10.6 Å². The van der Waals surface area contributed by atoms with Gasteiger partial charge in [-0.2, -0.15) is 4.80 Å². The minimum absolute atomic E-state index is 0.00700. The second-order valence-corrected chi connectivity index (χ2v) is 9.09. The summed E-state index contributed by atoms with van der Waals surface area (Å²) in [6.07, 6.45) is 0.937. The second-order valence-electron chi connectivity index (χ2n) is 9.09. The first-order valence-electron chi connectivity index (χ1n) is 10.0. The first-order valence-corrected chi connectivity index (χ1v) is 10.0. The van der Waals surface area contributed by atoms with Gasteiger partial charge in [0.1, 0.15) is 17.6 Å². The molecule has 1 unspecified atom stereocenters. The predicted octanol–water partition coefficient (Wildman–Crippen LogP) is 2.10. The van der Waals surface area contributed by atoms with Crippen LogP contribution in [0.25, 0.3) is 22.6 Å². The average Bonchev–Trinajstić information content (AvgIpc) is 3.12. The minimum Gasteiger partial charge on any atom is -0.507 e. The lowest BCUT2D eigenvalue weighted by Crippen LogP contribution is -2.67. The monoisotopic (exact) mass is 427 g/mol. The lowest BCUT2D eigenvalue weighted by molar-refractivity contribution is 0.0654. The molecule has 1 fully saturated rings. The first kappa shape index (κ1) is 21.0. The van der Waals surface area contributed by atoms with Crippen molar-refractivity contribution in [2.45, 2.75) is 57.4 Å². The zero-order valence-electron chi connectivity index (χ0n) is 18.1. The van der Waals surface area contributed by atoms with E-state index >= 15 is 0 Å². The highest BCUT2D eigenvalue weighted by molar-refractivity contribution is 5.71. The van der Waals surface area contributed by atoms with E-state index in [0.717, 1.165) is 0 Å². The molecule has 3 aromatic rings. The van der Waals surface area contributed by atoms with Crippen LogP contribution in [-0.2, 0) is 7.05 Å². The van der Waals surface area contributed by atoms with Gasteiger partial charge < -0.3 is 15.7 Å². The Hall–Kier alpha value is -3.21. The summed E-state index contributed by atoms with van der Waals surface area (Å²) in [6.45, 7) is 7.78. The van der Waals surface area contributed by atoms with Crippen molar-refractivity contribution in [3.05, 3.63) is 24.4 Å². The van der Waals surface area contributed by atoms with Gasteiger partial charge in [0.25, 0.3) is 0 Å². The maximum atomic E-state index is 15.0. The zero-order valence-corrected chi connectivity index (χ0v) is 18.1. The molecule has 1 aromatic carbocycles. The summed E-state index contributed by atoms with van der Waals surface area (Å²) < 4.78 is 15.0. The molecule has 10 nitrogen and oxygen atoms in total. The summed E-state index contributed by atoms with van der Waals surface area (Å²) in [6, 6.07) is 4.53. The number of halogens is 1. The number of tetrazole rings is 1. The van der Waals surface area contributed by atoms with Gasteiger partial charge in [0, 0.05) is 22.2 Å².